The SMILES string of the molecule is Cc1cc(C(=O)N2C3CCC2CC(S(C)(=O)=O)C3)c(C)o1. The molecule has 0 N–H and O–H groups in total. The fourth-order valence-electron chi connectivity index (χ4n) is 3.79. The zero-order valence-corrected chi connectivity index (χ0v) is 13.4. The minimum atomic E-state index is -3.03. The van der Waals surface area contributed by atoms with Gasteiger partial charge in [-0.15, -0.1) is 0 Å². The van der Waals surface area contributed by atoms with Gasteiger partial charge in [0.1, 0.15) is 21.4 Å². The first-order valence-electron chi connectivity index (χ1n) is 7.36. The summed E-state index contributed by atoms with van der Waals surface area (Å²) in [5.41, 5.74) is 0.613. The smallest absolute Gasteiger partial charge is 0.257 e. The fraction of sp³-hybridized carbons (Fsp3) is 0.667. The molecule has 116 valence electrons. The van der Waals surface area contributed by atoms with E-state index in [0.717, 1.165) is 18.6 Å². The van der Waals surface area contributed by atoms with E-state index < -0.39 is 9.84 Å². The van der Waals surface area contributed by atoms with Crippen LogP contribution in [0.3, 0.4) is 0 Å². The van der Waals surface area contributed by atoms with Gasteiger partial charge in [0.05, 0.1) is 10.8 Å². The quantitative estimate of drug-likeness (QED) is 0.838. The van der Waals surface area contributed by atoms with Gasteiger partial charge in [-0.05, 0) is 45.6 Å². The normalized spacial score (nSPS) is 28.9. The number of carbonyl (C=O) groups excluding carboxylic acids is 1. The molecular weight excluding hydrogens is 290 g/mol. The lowest BCUT2D eigenvalue weighted by molar-refractivity contribution is 0.0596. The van der Waals surface area contributed by atoms with Crippen molar-refractivity contribution in [2.75, 3.05) is 6.26 Å². The van der Waals surface area contributed by atoms with E-state index in [9.17, 15) is 13.2 Å². The molecule has 6 heteroatoms. The third kappa shape index (κ3) is 2.50. The van der Waals surface area contributed by atoms with Gasteiger partial charge in [-0.3, -0.25) is 4.79 Å². The van der Waals surface area contributed by atoms with E-state index in [-0.39, 0.29) is 23.2 Å². The molecule has 0 saturated carbocycles. The van der Waals surface area contributed by atoms with Gasteiger partial charge in [0.25, 0.3) is 5.91 Å². The molecule has 1 aromatic rings. The lowest BCUT2D eigenvalue weighted by atomic mass is 10.0. The average Bonchev–Trinajstić information content (AvgIpc) is 2.84. The molecule has 2 atom stereocenters. The first-order valence-corrected chi connectivity index (χ1v) is 9.31. The molecule has 0 spiro atoms. The standard InChI is InChI=1S/C15H21NO4S/c1-9-6-14(10(2)20-9)15(17)16-11-4-5-12(16)8-13(7-11)21(3,18)19/h6,11-13H,4-5,7-8H2,1-3H3. The Balaban J connectivity index is 1.86. The summed E-state index contributed by atoms with van der Waals surface area (Å²) >= 11 is 0. The Morgan fingerprint density at radius 1 is 1.24 bits per heavy atom. The van der Waals surface area contributed by atoms with Crippen LogP contribution in [0.1, 0.15) is 47.6 Å². The van der Waals surface area contributed by atoms with Gasteiger partial charge in [-0.1, -0.05) is 0 Å². The number of nitrogens with zero attached hydrogens (tertiary/aromatic N) is 1. The predicted octanol–water partition coefficient (Wildman–Crippen LogP) is 2.08. The summed E-state index contributed by atoms with van der Waals surface area (Å²) in [6, 6.07) is 1.87. The van der Waals surface area contributed by atoms with Crippen LogP contribution in [-0.4, -0.2) is 42.8 Å². The molecule has 2 saturated heterocycles. The van der Waals surface area contributed by atoms with E-state index in [1.807, 2.05) is 11.8 Å². The Bertz CT molecular complexity index is 662. The Morgan fingerprint density at radius 3 is 2.24 bits per heavy atom. The number of amides is 1. The van der Waals surface area contributed by atoms with Gasteiger partial charge >= 0.3 is 0 Å². The van der Waals surface area contributed by atoms with Crippen LogP contribution in [0.15, 0.2) is 10.5 Å². The second kappa shape index (κ2) is 4.87. The maximum absolute atomic E-state index is 12.8. The maximum atomic E-state index is 12.8. The van der Waals surface area contributed by atoms with Crippen molar-refractivity contribution >= 4 is 15.7 Å². The topological polar surface area (TPSA) is 67.6 Å². The van der Waals surface area contributed by atoms with Crippen LogP contribution in [0.4, 0.5) is 0 Å². The highest BCUT2D eigenvalue weighted by atomic mass is 32.2. The van der Waals surface area contributed by atoms with E-state index in [4.69, 9.17) is 4.42 Å². The first kappa shape index (κ1) is 14.6. The van der Waals surface area contributed by atoms with Crippen LogP contribution in [0, 0.1) is 13.8 Å². The minimum absolute atomic E-state index is 0.0104. The highest BCUT2D eigenvalue weighted by Gasteiger charge is 2.46. The number of hydrogen-bond donors (Lipinski definition) is 0. The summed E-state index contributed by atoms with van der Waals surface area (Å²) in [6.45, 7) is 3.62. The van der Waals surface area contributed by atoms with Crippen LogP contribution in [0.2, 0.25) is 0 Å². The second-order valence-corrected chi connectivity index (χ2v) is 8.67. The highest BCUT2D eigenvalue weighted by molar-refractivity contribution is 7.91. The molecule has 2 aliphatic rings. The molecular formula is C15H21NO4S. The van der Waals surface area contributed by atoms with E-state index in [2.05, 4.69) is 0 Å². The highest BCUT2D eigenvalue weighted by Crippen LogP contribution is 2.39. The van der Waals surface area contributed by atoms with Gasteiger partial charge in [0.2, 0.25) is 0 Å². The summed E-state index contributed by atoms with van der Waals surface area (Å²) in [5, 5.41) is -0.300. The van der Waals surface area contributed by atoms with Crippen molar-refractivity contribution in [3.63, 3.8) is 0 Å². The first-order chi connectivity index (χ1) is 9.77. The second-order valence-electron chi connectivity index (χ2n) is 6.35. The van der Waals surface area contributed by atoms with Crippen molar-refractivity contribution in [3.05, 3.63) is 23.2 Å². The maximum Gasteiger partial charge on any atom is 0.257 e. The van der Waals surface area contributed by atoms with Crippen LogP contribution < -0.4 is 0 Å². The third-order valence-electron chi connectivity index (χ3n) is 4.80. The monoisotopic (exact) mass is 311 g/mol. The number of fused-ring (bicyclic) bond motifs is 2. The summed E-state index contributed by atoms with van der Waals surface area (Å²) in [7, 11) is -3.03. The zero-order chi connectivity index (χ0) is 15.4. The molecule has 2 aliphatic heterocycles. The van der Waals surface area contributed by atoms with Crippen LogP contribution >= 0.6 is 0 Å². The largest absolute Gasteiger partial charge is 0.466 e. The van der Waals surface area contributed by atoms with E-state index in [0.29, 0.717) is 24.2 Å². The molecule has 3 rings (SSSR count). The number of aryl methyl sites for hydroxylation is 2. The molecule has 0 radical (unpaired) electrons. The number of carbonyl (C=O) groups is 1. The molecule has 1 aromatic heterocycles. The molecule has 0 aliphatic carbocycles. The molecule has 5 nitrogen and oxygen atoms in total. The number of hydrogen-bond acceptors (Lipinski definition) is 4. The lowest BCUT2D eigenvalue weighted by Gasteiger charge is -2.38. The molecule has 1 amide bonds. The average molecular weight is 311 g/mol. The van der Waals surface area contributed by atoms with Crippen molar-refractivity contribution in [2.24, 2.45) is 0 Å². The van der Waals surface area contributed by atoms with Crippen LogP contribution in [-0.2, 0) is 9.84 Å². The van der Waals surface area contributed by atoms with Gasteiger partial charge in [-0.2, -0.15) is 0 Å². The molecule has 3 heterocycles. The van der Waals surface area contributed by atoms with Crippen molar-refractivity contribution in [3.8, 4) is 0 Å². The third-order valence-corrected chi connectivity index (χ3v) is 6.40. The number of rotatable bonds is 2. The minimum Gasteiger partial charge on any atom is -0.466 e. The summed E-state index contributed by atoms with van der Waals surface area (Å²) < 4.78 is 29.0. The van der Waals surface area contributed by atoms with Gasteiger partial charge < -0.3 is 9.32 Å². The Morgan fingerprint density at radius 2 is 1.81 bits per heavy atom. The predicted molar refractivity (Wildman–Crippen MR) is 79.0 cm³/mol. The van der Waals surface area contributed by atoms with E-state index in [1.54, 1.807) is 13.0 Å². The van der Waals surface area contributed by atoms with Gasteiger partial charge in [-0.25, -0.2) is 8.42 Å². The van der Waals surface area contributed by atoms with Crippen LogP contribution in [0.5, 0.6) is 0 Å². The van der Waals surface area contributed by atoms with Crippen molar-refractivity contribution in [2.45, 2.75) is 56.9 Å². The van der Waals surface area contributed by atoms with Crippen molar-refractivity contribution < 1.29 is 17.6 Å². The number of sulfone groups is 1. The molecule has 21 heavy (non-hydrogen) atoms. The lowest BCUT2D eigenvalue weighted by Crippen LogP contribution is -2.49. The molecule has 2 unspecified atom stereocenters. The fourth-order valence-corrected chi connectivity index (χ4v) is 4.93. The Hall–Kier alpha value is -1.30. The molecule has 2 bridgehead atoms. The van der Waals surface area contributed by atoms with Crippen molar-refractivity contribution in [1.29, 1.82) is 0 Å². The van der Waals surface area contributed by atoms with Gasteiger partial charge in [0, 0.05) is 18.3 Å². The number of furan rings is 1. The Kier molecular flexibility index (Phi) is 3.39. The number of piperidine rings is 1. The van der Waals surface area contributed by atoms with E-state index >= 15 is 0 Å². The molecule has 2 fully saturated rings. The molecule has 0 aromatic carbocycles. The zero-order valence-electron chi connectivity index (χ0n) is 12.6. The van der Waals surface area contributed by atoms with Crippen molar-refractivity contribution in [1.82, 2.24) is 4.90 Å². The van der Waals surface area contributed by atoms with Gasteiger partial charge in [0.15, 0.2) is 0 Å². The van der Waals surface area contributed by atoms with E-state index in [1.165, 1.54) is 6.26 Å². The van der Waals surface area contributed by atoms with Crippen LogP contribution in [0.25, 0.3) is 0 Å². The summed E-state index contributed by atoms with van der Waals surface area (Å²) in [5.74, 6) is 1.36. The summed E-state index contributed by atoms with van der Waals surface area (Å²) in [6.07, 6.45) is 4.24. The Labute approximate surface area is 125 Å². The summed E-state index contributed by atoms with van der Waals surface area (Å²) in [4.78, 5) is 14.7.